The quantitative estimate of drug-likeness (QED) is 0.850. The number of benzene rings is 1. The van der Waals surface area contributed by atoms with Gasteiger partial charge < -0.3 is 14.5 Å². The van der Waals surface area contributed by atoms with Crippen LogP contribution >= 0.6 is 0 Å². The standard InChI is InChI=1S/C17H23NO2/c1-12-7-10-16(14(3)17(12)19-4)18-13(2)8-9-15-6-5-11-20-15/h5-7,10-11,13,18H,8-9H2,1-4H3. The Balaban J connectivity index is 1.99. The largest absolute Gasteiger partial charge is 0.496 e. The zero-order valence-electron chi connectivity index (χ0n) is 12.7. The van der Waals surface area contributed by atoms with Crippen LogP contribution in [-0.4, -0.2) is 13.2 Å². The van der Waals surface area contributed by atoms with E-state index in [4.69, 9.17) is 9.15 Å². The second-order valence-corrected chi connectivity index (χ2v) is 5.25. The molecule has 1 aromatic heterocycles. The molecule has 1 N–H and O–H groups in total. The van der Waals surface area contributed by atoms with Gasteiger partial charge in [0.1, 0.15) is 11.5 Å². The highest BCUT2D eigenvalue weighted by Gasteiger charge is 2.10. The first kappa shape index (κ1) is 14.5. The molecule has 1 atom stereocenters. The third kappa shape index (κ3) is 3.35. The number of furan rings is 1. The Labute approximate surface area is 121 Å². The van der Waals surface area contributed by atoms with Crippen LogP contribution in [0.25, 0.3) is 0 Å². The van der Waals surface area contributed by atoms with E-state index in [1.54, 1.807) is 13.4 Å². The van der Waals surface area contributed by atoms with Gasteiger partial charge in [0.2, 0.25) is 0 Å². The second-order valence-electron chi connectivity index (χ2n) is 5.25. The number of hydrogen-bond donors (Lipinski definition) is 1. The van der Waals surface area contributed by atoms with E-state index in [9.17, 15) is 0 Å². The highest BCUT2D eigenvalue weighted by Crippen LogP contribution is 2.29. The summed E-state index contributed by atoms with van der Waals surface area (Å²) >= 11 is 0. The lowest BCUT2D eigenvalue weighted by Gasteiger charge is -2.19. The first-order chi connectivity index (χ1) is 9.61. The van der Waals surface area contributed by atoms with Gasteiger partial charge in [0.05, 0.1) is 13.4 Å². The number of anilines is 1. The summed E-state index contributed by atoms with van der Waals surface area (Å²) < 4.78 is 10.8. The molecule has 1 aromatic carbocycles. The summed E-state index contributed by atoms with van der Waals surface area (Å²) in [6, 6.07) is 8.55. The topological polar surface area (TPSA) is 34.4 Å². The van der Waals surface area contributed by atoms with Crippen LogP contribution in [0.4, 0.5) is 5.69 Å². The molecule has 3 heteroatoms. The Bertz CT molecular complexity index is 546. The van der Waals surface area contributed by atoms with E-state index >= 15 is 0 Å². The lowest BCUT2D eigenvalue weighted by molar-refractivity contribution is 0.408. The highest BCUT2D eigenvalue weighted by atomic mass is 16.5. The third-order valence-electron chi connectivity index (χ3n) is 3.61. The van der Waals surface area contributed by atoms with Crippen LogP contribution < -0.4 is 10.1 Å². The third-order valence-corrected chi connectivity index (χ3v) is 3.61. The van der Waals surface area contributed by atoms with Gasteiger partial charge in [-0.2, -0.15) is 0 Å². The average molecular weight is 273 g/mol. The highest BCUT2D eigenvalue weighted by molar-refractivity contribution is 5.59. The maximum atomic E-state index is 5.46. The van der Waals surface area contributed by atoms with Crippen molar-refractivity contribution in [1.29, 1.82) is 0 Å². The van der Waals surface area contributed by atoms with Crippen LogP contribution in [0.15, 0.2) is 34.9 Å². The lowest BCUT2D eigenvalue weighted by atomic mass is 10.1. The maximum Gasteiger partial charge on any atom is 0.126 e. The van der Waals surface area contributed by atoms with Gasteiger partial charge in [-0.3, -0.25) is 0 Å². The summed E-state index contributed by atoms with van der Waals surface area (Å²) in [4.78, 5) is 0. The van der Waals surface area contributed by atoms with Gasteiger partial charge in [-0.05, 0) is 51.0 Å². The average Bonchev–Trinajstić information content (AvgIpc) is 2.94. The zero-order valence-corrected chi connectivity index (χ0v) is 12.7. The fourth-order valence-electron chi connectivity index (χ4n) is 2.45. The van der Waals surface area contributed by atoms with Crippen molar-refractivity contribution in [2.75, 3.05) is 12.4 Å². The minimum atomic E-state index is 0.381. The van der Waals surface area contributed by atoms with Crippen molar-refractivity contribution in [3.63, 3.8) is 0 Å². The number of rotatable bonds is 6. The summed E-state index contributed by atoms with van der Waals surface area (Å²) in [5.74, 6) is 2.00. The van der Waals surface area contributed by atoms with Gasteiger partial charge in [0.25, 0.3) is 0 Å². The van der Waals surface area contributed by atoms with Crippen molar-refractivity contribution in [2.24, 2.45) is 0 Å². The normalized spacial score (nSPS) is 12.2. The fourth-order valence-corrected chi connectivity index (χ4v) is 2.45. The molecule has 2 aromatic rings. The van der Waals surface area contributed by atoms with Crippen LogP contribution in [0, 0.1) is 13.8 Å². The molecule has 0 bridgehead atoms. The minimum absolute atomic E-state index is 0.381. The van der Waals surface area contributed by atoms with E-state index < -0.39 is 0 Å². The van der Waals surface area contributed by atoms with Crippen LogP contribution in [0.2, 0.25) is 0 Å². The molecule has 0 saturated carbocycles. The van der Waals surface area contributed by atoms with Crippen molar-refractivity contribution in [3.05, 3.63) is 47.4 Å². The first-order valence-corrected chi connectivity index (χ1v) is 7.05. The number of nitrogens with one attached hydrogen (secondary N) is 1. The molecular formula is C17H23NO2. The monoisotopic (exact) mass is 273 g/mol. The second kappa shape index (κ2) is 6.51. The molecule has 0 amide bonds. The molecule has 1 unspecified atom stereocenters. The molecule has 20 heavy (non-hydrogen) atoms. The smallest absolute Gasteiger partial charge is 0.126 e. The minimum Gasteiger partial charge on any atom is -0.496 e. The molecule has 2 rings (SSSR count). The Kier molecular flexibility index (Phi) is 4.72. The van der Waals surface area contributed by atoms with Crippen LogP contribution in [-0.2, 0) is 6.42 Å². The summed E-state index contributed by atoms with van der Waals surface area (Å²) in [6.07, 6.45) is 3.70. The van der Waals surface area contributed by atoms with Gasteiger partial charge in [0.15, 0.2) is 0 Å². The maximum absolute atomic E-state index is 5.46. The van der Waals surface area contributed by atoms with Gasteiger partial charge in [-0.25, -0.2) is 0 Å². The summed E-state index contributed by atoms with van der Waals surface area (Å²) in [5, 5.41) is 3.55. The van der Waals surface area contributed by atoms with Crippen LogP contribution in [0.5, 0.6) is 5.75 Å². The SMILES string of the molecule is COc1c(C)ccc(NC(C)CCc2ccco2)c1C. The fraction of sp³-hybridized carbons (Fsp3) is 0.412. The van der Waals surface area contributed by atoms with E-state index in [1.807, 2.05) is 12.1 Å². The number of methoxy groups -OCH3 is 1. The molecule has 0 fully saturated rings. The van der Waals surface area contributed by atoms with Gasteiger partial charge >= 0.3 is 0 Å². The zero-order chi connectivity index (χ0) is 14.5. The number of hydrogen-bond acceptors (Lipinski definition) is 3. The molecule has 108 valence electrons. The molecule has 0 saturated heterocycles. The molecule has 0 aliphatic carbocycles. The summed E-state index contributed by atoms with van der Waals surface area (Å²) in [6.45, 7) is 6.35. The Morgan fingerprint density at radius 2 is 2.05 bits per heavy atom. The predicted octanol–water partition coefficient (Wildman–Crippen LogP) is 4.34. The van der Waals surface area contributed by atoms with Crippen LogP contribution in [0.1, 0.15) is 30.2 Å². The Hall–Kier alpha value is -1.90. The van der Waals surface area contributed by atoms with E-state index in [1.165, 1.54) is 5.56 Å². The Morgan fingerprint density at radius 3 is 2.70 bits per heavy atom. The van der Waals surface area contributed by atoms with Crippen molar-refractivity contribution < 1.29 is 9.15 Å². The molecule has 3 nitrogen and oxygen atoms in total. The summed E-state index contributed by atoms with van der Waals surface area (Å²) in [5.41, 5.74) is 3.47. The Morgan fingerprint density at radius 1 is 1.25 bits per heavy atom. The van der Waals surface area contributed by atoms with Crippen LogP contribution in [0.3, 0.4) is 0 Å². The molecule has 0 aliphatic rings. The molecule has 0 aliphatic heterocycles. The summed E-state index contributed by atoms with van der Waals surface area (Å²) in [7, 11) is 1.72. The van der Waals surface area contributed by atoms with Crippen molar-refractivity contribution in [2.45, 2.75) is 39.7 Å². The van der Waals surface area contributed by atoms with E-state index in [2.05, 4.69) is 38.2 Å². The first-order valence-electron chi connectivity index (χ1n) is 7.05. The van der Waals surface area contributed by atoms with Crippen molar-refractivity contribution >= 4 is 5.69 Å². The van der Waals surface area contributed by atoms with Crippen molar-refractivity contribution in [1.82, 2.24) is 0 Å². The molecule has 1 heterocycles. The van der Waals surface area contributed by atoms with E-state index in [-0.39, 0.29) is 0 Å². The molecule has 0 radical (unpaired) electrons. The van der Waals surface area contributed by atoms with E-state index in [0.29, 0.717) is 6.04 Å². The van der Waals surface area contributed by atoms with Gasteiger partial charge in [-0.15, -0.1) is 0 Å². The van der Waals surface area contributed by atoms with Gasteiger partial charge in [-0.1, -0.05) is 6.07 Å². The predicted molar refractivity (Wildman–Crippen MR) is 82.6 cm³/mol. The van der Waals surface area contributed by atoms with E-state index in [0.717, 1.165) is 35.6 Å². The molecular weight excluding hydrogens is 250 g/mol. The number of ether oxygens (including phenoxy) is 1. The van der Waals surface area contributed by atoms with Gasteiger partial charge in [0, 0.05) is 23.7 Å². The lowest BCUT2D eigenvalue weighted by Crippen LogP contribution is -2.17. The molecule has 0 spiro atoms. The van der Waals surface area contributed by atoms with Crippen molar-refractivity contribution in [3.8, 4) is 5.75 Å². The number of aryl methyl sites for hydroxylation is 2.